The summed E-state index contributed by atoms with van der Waals surface area (Å²) >= 11 is 4.51. The number of carbonyl (C=O) groups is 2. The molecular formula is C20H19BrFNO4S. The zero-order valence-electron chi connectivity index (χ0n) is 15.4. The van der Waals surface area contributed by atoms with Crippen molar-refractivity contribution < 1.29 is 23.5 Å². The van der Waals surface area contributed by atoms with Crippen LogP contribution >= 0.6 is 27.7 Å². The Morgan fingerprint density at radius 1 is 1.18 bits per heavy atom. The lowest BCUT2D eigenvalue weighted by Gasteiger charge is -2.16. The molecule has 148 valence electrons. The first-order valence-electron chi connectivity index (χ1n) is 8.68. The van der Waals surface area contributed by atoms with Crippen LogP contribution in [0.25, 0.3) is 0 Å². The van der Waals surface area contributed by atoms with E-state index < -0.39 is 5.25 Å². The molecule has 1 aliphatic rings. The molecule has 1 fully saturated rings. The number of hydrogen-bond acceptors (Lipinski definition) is 5. The Bertz CT molecular complexity index is 891. The summed E-state index contributed by atoms with van der Waals surface area (Å²) in [5.74, 6) is 0.577. The molecular weight excluding hydrogens is 449 g/mol. The van der Waals surface area contributed by atoms with Crippen molar-refractivity contribution in [2.45, 2.75) is 25.1 Å². The maximum atomic E-state index is 13.1. The van der Waals surface area contributed by atoms with Gasteiger partial charge >= 0.3 is 0 Å². The van der Waals surface area contributed by atoms with E-state index in [4.69, 9.17) is 9.47 Å². The summed E-state index contributed by atoms with van der Waals surface area (Å²) in [7, 11) is 1.55. The van der Waals surface area contributed by atoms with Gasteiger partial charge in [0.25, 0.3) is 5.24 Å². The molecule has 0 radical (unpaired) electrons. The van der Waals surface area contributed by atoms with Gasteiger partial charge in [0.15, 0.2) is 11.5 Å². The number of imide groups is 1. The highest BCUT2D eigenvalue weighted by molar-refractivity contribution is 9.10. The largest absolute Gasteiger partial charge is 0.493 e. The first-order chi connectivity index (χ1) is 13.4. The third kappa shape index (κ3) is 4.50. The second kappa shape index (κ2) is 8.96. The lowest BCUT2D eigenvalue weighted by molar-refractivity contribution is -0.127. The van der Waals surface area contributed by atoms with Gasteiger partial charge in [-0.25, -0.2) is 4.39 Å². The number of hydrogen-bond donors (Lipinski definition) is 0. The van der Waals surface area contributed by atoms with Gasteiger partial charge in [0.05, 0.1) is 25.5 Å². The highest BCUT2D eigenvalue weighted by atomic mass is 79.9. The minimum Gasteiger partial charge on any atom is -0.493 e. The zero-order chi connectivity index (χ0) is 20.3. The molecule has 0 spiro atoms. The van der Waals surface area contributed by atoms with Crippen LogP contribution in [0.1, 0.15) is 18.1 Å². The van der Waals surface area contributed by atoms with Crippen molar-refractivity contribution >= 4 is 38.8 Å². The normalized spacial score (nSPS) is 16.6. The molecule has 0 aromatic heterocycles. The van der Waals surface area contributed by atoms with Crippen molar-refractivity contribution in [3.63, 3.8) is 0 Å². The van der Waals surface area contributed by atoms with Crippen molar-refractivity contribution in [1.29, 1.82) is 0 Å². The summed E-state index contributed by atoms with van der Waals surface area (Å²) in [6.07, 6.45) is 0.374. The topological polar surface area (TPSA) is 55.8 Å². The first kappa shape index (κ1) is 20.7. The average molecular weight is 468 g/mol. The number of nitrogens with zero attached hydrogens (tertiary/aromatic N) is 1. The standard InChI is InChI=1S/C20H19BrFNO4S/c1-3-27-17-10-15(21)13(8-16(17)26-2)9-18-19(24)23(20(25)28-18)11-12-4-6-14(22)7-5-12/h4-8,10,18H,3,9,11H2,1-2H3/t18-/m1/s1. The Hall–Kier alpha value is -2.06. The maximum Gasteiger partial charge on any atom is 0.289 e. The smallest absolute Gasteiger partial charge is 0.289 e. The molecule has 0 bridgehead atoms. The minimum atomic E-state index is -0.521. The third-order valence-electron chi connectivity index (χ3n) is 4.30. The number of amides is 2. The summed E-state index contributed by atoms with van der Waals surface area (Å²) in [5, 5.41) is -0.819. The molecule has 0 saturated carbocycles. The molecule has 1 heterocycles. The van der Waals surface area contributed by atoms with Crippen LogP contribution < -0.4 is 9.47 Å². The summed E-state index contributed by atoms with van der Waals surface area (Å²) in [6, 6.07) is 9.39. The van der Waals surface area contributed by atoms with E-state index in [1.807, 2.05) is 13.0 Å². The second-order valence-corrected chi connectivity index (χ2v) is 8.16. The first-order valence-corrected chi connectivity index (χ1v) is 10.4. The van der Waals surface area contributed by atoms with Crippen molar-refractivity contribution in [1.82, 2.24) is 4.90 Å². The predicted octanol–water partition coefficient (Wildman–Crippen LogP) is 4.80. The van der Waals surface area contributed by atoms with E-state index in [1.165, 1.54) is 17.0 Å². The second-order valence-electron chi connectivity index (χ2n) is 6.15. The van der Waals surface area contributed by atoms with E-state index in [1.54, 1.807) is 25.3 Å². The number of ether oxygens (including phenoxy) is 2. The SMILES string of the molecule is CCOc1cc(Br)c(C[C@H]2SC(=O)N(Cc3ccc(F)cc3)C2=O)cc1OC. The van der Waals surface area contributed by atoms with E-state index in [0.717, 1.165) is 21.8 Å². The van der Waals surface area contributed by atoms with Crippen LogP contribution in [-0.4, -0.2) is 35.0 Å². The molecule has 8 heteroatoms. The molecule has 1 saturated heterocycles. The summed E-state index contributed by atoms with van der Waals surface area (Å²) < 4.78 is 24.8. The molecule has 2 aromatic rings. The Balaban J connectivity index is 1.75. The zero-order valence-corrected chi connectivity index (χ0v) is 17.8. The highest BCUT2D eigenvalue weighted by Crippen LogP contribution is 2.37. The molecule has 2 aromatic carbocycles. The molecule has 3 rings (SSSR count). The molecule has 1 atom stereocenters. The van der Waals surface area contributed by atoms with E-state index >= 15 is 0 Å². The van der Waals surface area contributed by atoms with Crippen molar-refractivity contribution in [3.05, 3.63) is 57.8 Å². The lowest BCUT2D eigenvalue weighted by atomic mass is 10.1. The third-order valence-corrected chi connectivity index (χ3v) is 6.11. The van der Waals surface area contributed by atoms with Gasteiger partial charge < -0.3 is 9.47 Å². The maximum absolute atomic E-state index is 13.1. The van der Waals surface area contributed by atoms with E-state index in [-0.39, 0.29) is 23.5 Å². The van der Waals surface area contributed by atoms with E-state index in [0.29, 0.717) is 30.1 Å². The Morgan fingerprint density at radius 2 is 1.89 bits per heavy atom. The minimum absolute atomic E-state index is 0.134. The number of rotatable bonds is 7. The molecule has 0 aliphatic carbocycles. The number of carbonyl (C=O) groups excluding carboxylic acids is 2. The Morgan fingerprint density at radius 3 is 2.54 bits per heavy atom. The van der Waals surface area contributed by atoms with Gasteiger partial charge in [-0.2, -0.15) is 0 Å². The lowest BCUT2D eigenvalue weighted by Crippen LogP contribution is -2.31. The molecule has 28 heavy (non-hydrogen) atoms. The summed E-state index contributed by atoms with van der Waals surface area (Å²) in [4.78, 5) is 26.3. The number of thioether (sulfide) groups is 1. The Kier molecular flexibility index (Phi) is 6.61. The monoisotopic (exact) mass is 467 g/mol. The van der Waals surface area contributed by atoms with Gasteiger partial charge in [0.2, 0.25) is 5.91 Å². The fourth-order valence-electron chi connectivity index (χ4n) is 2.90. The van der Waals surface area contributed by atoms with Crippen LogP contribution in [0.3, 0.4) is 0 Å². The summed E-state index contributed by atoms with van der Waals surface area (Å²) in [5.41, 5.74) is 1.55. The number of benzene rings is 2. The van der Waals surface area contributed by atoms with Crippen LogP contribution in [0.4, 0.5) is 9.18 Å². The van der Waals surface area contributed by atoms with Crippen LogP contribution in [0.2, 0.25) is 0 Å². The van der Waals surface area contributed by atoms with Gasteiger partial charge in [-0.3, -0.25) is 14.5 Å². The molecule has 2 amide bonds. The average Bonchev–Trinajstić information content (AvgIpc) is 2.93. The van der Waals surface area contributed by atoms with Crippen LogP contribution in [0, 0.1) is 5.82 Å². The molecule has 0 unspecified atom stereocenters. The predicted molar refractivity (Wildman–Crippen MR) is 109 cm³/mol. The van der Waals surface area contributed by atoms with Gasteiger partial charge in [0.1, 0.15) is 5.82 Å². The highest BCUT2D eigenvalue weighted by Gasteiger charge is 2.39. The van der Waals surface area contributed by atoms with Gasteiger partial charge in [0, 0.05) is 4.47 Å². The summed E-state index contributed by atoms with van der Waals surface area (Å²) in [6.45, 7) is 2.53. The molecule has 0 N–H and O–H groups in total. The van der Waals surface area contributed by atoms with Crippen LogP contribution in [0.5, 0.6) is 11.5 Å². The molecule has 1 aliphatic heterocycles. The van der Waals surface area contributed by atoms with Crippen molar-refractivity contribution in [3.8, 4) is 11.5 Å². The van der Waals surface area contributed by atoms with E-state index in [2.05, 4.69) is 15.9 Å². The number of methoxy groups -OCH3 is 1. The van der Waals surface area contributed by atoms with Crippen molar-refractivity contribution in [2.24, 2.45) is 0 Å². The fourth-order valence-corrected chi connectivity index (χ4v) is 4.40. The van der Waals surface area contributed by atoms with E-state index in [9.17, 15) is 14.0 Å². The van der Waals surface area contributed by atoms with Crippen LogP contribution in [-0.2, 0) is 17.8 Å². The van der Waals surface area contributed by atoms with Gasteiger partial charge in [-0.05, 0) is 48.7 Å². The Labute approximate surface area is 175 Å². The molecule has 5 nitrogen and oxygen atoms in total. The van der Waals surface area contributed by atoms with Crippen LogP contribution in [0.15, 0.2) is 40.9 Å². The van der Waals surface area contributed by atoms with Gasteiger partial charge in [-0.1, -0.05) is 39.8 Å². The van der Waals surface area contributed by atoms with Gasteiger partial charge in [-0.15, -0.1) is 0 Å². The van der Waals surface area contributed by atoms with Crippen molar-refractivity contribution in [2.75, 3.05) is 13.7 Å². The fraction of sp³-hybridized carbons (Fsp3) is 0.300. The quantitative estimate of drug-likeness (QED) is 0.585. The number of halogens is 2.